The Labute approximate surface area is 143 Å². The third-order valence-electron chi connectivity index (χ3n) is 3.43. The Morgan fingerprint density at radius 2 is 1.96 bits per heavy atom. The molecule has 3 rings (SSSR count). The van der Waals surface area contributed by atoms with Crippen molar-refractivity contribution in [3.05, 3.63) is 63.6 Å². The molecule has 1 amide bonds. The summed E-state index contributed by atoms with van der Waals surface area (Å²) >= 11 is 0. The summed E-state index contributed by atoms with van der Waals surface area (Å²) in [7, 11) is 0. The van der Waals surface area contributed by atoms with E-state index in [0.29, 0.717) is 4.52 Å². The zero-order valence-electron chi connectivity index (χ0n) is 13.1. The average molecular weight is 365 g/mol. The molecule has 134 valence electrons. The first-order chi connectivity index (χ1) is 12.2. The Balaban J connectivity index is 2.02. The molecule has 0 aliphatic rings. The minimum Gasteiger partial charge on any atom is -0.315 e. The number of benzene rings is 1. The number of nitro groups is 1. The zero-order chi connectivity index (χ0) is 19.1. The van der Waals surface area contributed by atoms with Crippen molar-refractivity contribution in [2.24, 2.45) is 0 Å². The molecule has 0 atom stereocenters. The molecule has 0 saturated heterocycles. The summed E-state index contributed by atoms with van der Waals surface area (Å²) in [5.41, 5.74) is -1.94. The zero-order valence-corrected chi connectivity index (χ0v) is 13.1. The lowest BCUT2D eigenvalue weighted by molar-refractivity contribution is -0.383. The summed E-state index contributed by atoms with van der Waals surface area (Å²) in [5, 5.41) is 16.9. The minimum atomic E-state index is -4.69. The fraction of sp³-hybridized carbons (Fsp3) is 0.133. The molecule has 0 aliphatic carbocycles. The molecule has 0 bridgehead atoms. The highest BCUT2D eigenvalue weighted by Crippen LogP contribution is 2.30. The molecule has 0 radical (unpaired) electrons. The van der Waals surface area contributed by atoms with Crippen LogP contribution in [-0.4, -0.2) is 25.4 Å². The Kier molecular flexibility index (Phi) is 4.06. The summed E-state index contributed by atoms with van der Waals surface area (Å²) in [6, 6.07) is 7.26. The molecule has 1 N–H and O–H groups in total. The van der Waals surface area contributed by atoms with Gasteiger partial charge in [-0.2, -0.15) is 18.3 Å². The lowest BCUT2D eigenvalue weighted by Crippen LogP contribution is -2.16. The average Bonchev–Trinajstić information content (AvgIpc) is 2.97. The molecule has 3 aromatic rings. The van der Waals surface area contributed by atoms with Crippen LogP contribution in [0.1, 0.15) is 21.9 Å². The van der Waals surface area contributed by atoms with Gasteiger partial charge in [-0.25, -0.2) is 9.50 Å². The van der Waals surface area contributed by atoms with E-state index in [1.165, 1.54) is 31.2 Å². The molecule has 26 heavy (non-hydrogen) atoms. The second kappa shape index (κ2) is 6.10. The number of nitrogens with zero attached hydrogens (tertiary/aromatic N) is 4. The van der Waals surface area contributed by atoms with E-state index in [2.05, 4.69) is 15.4 Å². The van der Waals surface area contributed by atoms with Crippen LogP contribution in [0.4, 0.5) is 24.5 Å². The number of para-hydroxylation sites is 2. The summed E-state index contributed by atoms with van der Waals surface area (Å²) in [6.07, 6.45) is -4.69. The summed E-state index contributed by atoms with van der Waals surface area (Å²) in [5.74, 6) is -0.893. The van der Waals surface area contributed by atoms with Crippen LogP contribution >= 0.6 is 0 Å². The largest absolute Gasteiger partial charge is 0.433 e. The molecule has 2 heterocycles. The van der Waals surface area contributed by atoms with Crippen molar-refractivity contribution >= 4 is 22.9 Å². The second-order valence-electron chi connectivity index (χ2n) is 5.31. The number of rotatable bonds is 3. The van der Waals surface area contributed by atoms with Crippen LogP contribution in [0.2, 0.25) is 0 Å². The van der Waals surface area contributed by atoms with Crippen LogP contribution in [0.5, 0.6) is 0 Å². The Morgan fingerprint density at radius 1 is 1.27 bits per heavy atom. The van der Waals surface area contributed by atoms with Gasteiger partial charge in [0, 0.05) is 17.8 Å². The third-order valence-corrected chi connectivity index (χ3v) is 3.43. The molecule has 2 aromatic heterocycles. The molecular weight excluding hydrogens is 355 g/mol. The molecule has 0 aliphatic heterocycles. The number of aryl methyl sites for hydroxylation is 1. The van der Waals surface area contributed by atoms with Crippen molar-refractivity contribution in [2.75, 3.05) is 5.32 Å². The van der Waals surface area contributed by atoms with Crippen LogP contribution in [0.25, 0.3) is 5.65 Å². The highest BCUT2D eigenvalue weighted by atomic mass is 19.4. The van der Waals surface area contributed by atoms with Crippen molar-refractivity contribution in [3.8, 4) is 0 Å². The van der Waals surface area contributed by atoms with Gasteiger partial charge in [0.1, 0.15) is 11.4 Å². The molecule has 11 heteroatoms. The number of carbonyl (C=O) groups is 1. The van der Waals surface area contributed by atoms with E-state index in [9.17, 15) is 28.1 Å². The standard InChI is InChI=1S/C15H10F3N5O3/c1-8-6-12(15(16,17)18)22-13(19-8)7-10(21-22)14(24)20-9-4-2-3-5-11(9)23(25)26/h2-7H,1H3,(H,20,24). The number of nitro benzene ring substituents is 1. The number of amides is 1. The van der Waals surface area contributed by atoms with Crippen molar-refractivity contribution in [1.82, 2.24) is 14.6 Å². The number of halogens is 3. The second-order valence-corrected chi connectivity index (χ2v) is 5.31. The molecular formula is C15H10F3N5O3. The maximum atomic E-state index is 13.1. The van der Waals surface area contributed by atoms with Gasteiger partial charge in [-0.05, 0) is 19.1 Å². The monoisotopic (exact) mass is 365 g/mol. The molecule has 0 unspecified atom stereocenters. The number of aromatic nitrogens is 3. The normalized spacial score (nSPS) is 11.5. The van der Waals surface area contributed by atoms with Crippen LogP contribution in [-0.2, 0) is 6.18 Å². The molecule has 8 nitrogen and oxygen atoms in total. The van der Waals surface area contributed by atoms with Crippen molar-refractivity contribution < 1.29 is 22.9 Å². The quantitative estimate of drug-likeness (QED) is 0.567. The van der Waals surface area contributed by atoms with E-state index in [-0.39, 0.29) is 28.4 Å². The van der Waals surface area contributed by atoms with E-state index in [1.54, 1.807) is 0 Å². The lowest BCUT2D eigenvalue weighted by atomic mass is 10.2. The van der Waals surface area contributed by atoms with Gasteiger partial charge in [-0.15, -0.1) is 0 Å². The number of alkyl halides is 3. The lowest BCUT2D eigenvalue weighted by Gasteiger charge is -2.09. The predicted molar refractivity (Wildman–Crippen MR) is 83.8 cm³/mol. The summed E-state index contributed by atoms with van der Waals surface area (Å²) < 4.78 is 39.9. The van der Waals surface area contributed by atoms with Crippen LogP contribution in [0.3, 0.4) is 0 Å². The predicted octanol–water partition coefficient (Wildman–Crippen LogP) is 3.22. The number of nitrogens with one attached hydrogen (secondary N) is 1. The molecule has 0 fully saturated rings. The van der Waals surface area contributed by atoms with Gasteiger partial charge >= 0.3 is 6.18 Å². The van der Waals surface area contributed by atoms with Gasteiger partial charge in [-0.3, -0.25) is 14.9 Å². The first kappa shape index (κ1) is 17.3. The van der Waals surface area contributed by atoms with Gasteiger partial charge in [0.05, 0.1) is 4.92 Å². The van der Waals surface area contributed by atoms with Crippen molar-refractivity contribution in [1.29, 1.82) is 0 Å². The van der Waals surface area contributed by atoms with Crippen LogP contribution in [0.15, 0.2) is 36.4 Å². The van der Waals surface area contributed by atoms with E-state index in [1.807, 2.05) is 0 Å². The molecule has 0 spiro atoms. The number of fused-ring (bicyclic) bond motifs is 1. The van der Waals surface area contributed by atoms with Gasteiger partial charge in [0.25, 0.3) is 11.6 Å². The van der Waals surface area contributed by atoms with Crippen LogP contribution in [0, 0.1) is 17.0 Å². The highest BCUT2D eigenvalue weighted by Gasteiger charge is 2.35. The minimum absolute atomic E-state index is 0.0975. The maximum absolute atomic E-state index is 13.1. The van der Waals surface area contributed by atoms with Crippen LogP contribution < -0.4 is 5.32 Å². The van der Waals surface area contributed by atoms with Gasteiger partial charge in [0.15, 0.2) is 11.3 Å². The summed E-state index contributed by atoms with van der Waals surface area (Å²) in [6.45, 7) is 1.38. The fourth-order valence-corrected chi connectivity index (χ4v) is 2.34. The molecule has 0 saturated carbocycles. The highest BCUT2D eigenvalue weighted by molar-refractivity contribution is 6.04. The van der Waals surface area contributed by atoms with Gasteiger partial charge in [0.2, 0.25) is 0 Å². The number of carbonyl (C=O) groups excluding carboxylic acids is 1. The Morgan fingerprint density at radius 3 is 2.62 bits per heavy atom. The Hall–Kier alpha value is -3.50. The number of anilines is 1. The van der Waals surface area contributed by atoms with E-state index >= 15 is 0 Å². The Bertz CT molecular complexity index is 1030. The number of hydrogen-bond donors (Lipinski definition) is 1. The van der Waals surface area contributed by atoms with E-state index in [4.69, 9.17) is 0 Å². The fourth-order valence-electron chi connectivity index (χ4n) is 2.34. The number of hydrogen-bond acceptors (Lipinski definition) is 5. The molecule has 1 aromatic carbocycles. The summed E-state index contributed by atoms with van der Waals surface area (Å²) in [4.78, 5) is 26.5. The topological polar surface area (TPSA) is 102 Å². The SMILES string of the molecule is Cc1cc(C(F)(F)F)n2nc(C(=O)Nc3ccccc3[N+](=O)[O-])cc2n1. The van der Waals surface area contributed by atoms with Gasteiger partial charge in [-0.1, -0.05) is 12.1 Å². The third kappa shape index (κ3) is 3.18. The maximum Gasteiger partial charge on any atom is 0.433 e. The van der Waals surface area contributed by atoms with Crippen molar-refractivity contribution in [2.45, 2.75) is 13.1 Å². The van der Waals surface area contributed by atoms with E-state index < -0.39 is 22.7 Å². The van der Waals surface area contributed by atoms with E-state index in [0.717, 1.165) is 12.1 Å². The first-order valence-electron chi connectivity index (χ1n) is 7.16. The van der Waals surface area contributed by atoms with Crippen molar-refractivity contribution in [3.63, 3.8) is 0 Å². The van der Waals surface area contributed by atoms with Gasteiger partial charge < -0.3 is 5.32 Å². The first-order valence-corrected chi connectivity index (χ1v) is 7.16. The smallest absolute Gasteiger partial charge is 0.315 e.